The fraction of sp³-hybridized carbons (Fsp3) is 0.350. The van der Waals surface area contributed by atoms with Crippen molar-refractivity contribution in [2.75, 3.05) is 6.54 Å². The van der Waals surface area contributed by atoms with Crippen LogP contribution in [0.4, 0.5) is 0 Å². The summed E-state index contributed by atoms with van der Waals surface area (Å²) in [7, 11) is 0. The summed E-state index contributed by atoms with van der Waals surface area (Å²) < 4.78 is 0. The fourth-order valence-corrected chi connectivity index (χ4v) is 3.54. The van der Waals surface area contributed by atoms with E-state index in [2.05, 4.69) is 18.3 Å². The monoisotopic (exact) mass is 359 g/mol. The number of benzene rings is 1. The number of aliphatic carboxylic acids is 1. The molecule has 1 heterocycles. The molecule has 0 aliphatic carbocycles. The molecule has 0 saturated heterocycles. The predicted molar refractivity (Wildman–Crippen MR) is 103 cm³/mol. The number of aryl methyl sites for hydroxylation is 1. The van der Waals surface area contributed by atoms with Crippen molar-refractivity contribution >= 4 is 22.9 Å². The molecule has 25 heavy (non-hydrogen) atoms. The summed E-state index contributed by atoms with van der Waals surface area (Å²) in [6, 6.07) is 14.0. The molecular formula is C20H25NO3S. The smallest absolute Gasteiger partial charge is 0.328 e. The van der Waals surface area contributed by atoms with E-state index in [9.17, 15) is 9.90 Å². The van der Waals surface area contributed by atoms with Crippen molar-refractivity contribution in [1.29, 1.82) is 0 Å². The molecule has 2 rings (SSSR count). The lowest BCUT2D eigenvalue weighted by Gasteiger charge is -2.17. The maximum Gasteiger partial charge on any atom is 0.328 e. The van der Waals surface area contributed by atoms with E-state index in [1.807, 2.05) is 43.3 Å². The topological polar surface area (TPSA) is 69.6 Å². The van der Waals surface area contributed by atoms with Crippen LogP contribution >= 0.6 is 11.3 Å². The van der Waals surface area contributed by atoms with E-state index in [-0.39, 0.29) is 0 Å². The van der Waals surface area contributed by atoms with E-state index in [1.54, 1.807) is 11.3 Å². The Morgan fingerprint density at radius 2 is 1.96 bits per heavy atom. The zero-order valence-corrected chi connectivity index (χ0v) is 15.4. The molecule has 1 unspecified atom stereocenters. The van der Waals surface area contributed by atoms with Gasteiger partial charge < -0.3 is 15.5 Å². The number of carboxylic acids is 1. The molecule has 0 amide bonds. The first kappa shape index (κ1) is 19.4. The molecule has 0 bridgehead atoms. The van der Waals surface area contributed by atoms with Crippen LogP contribution < -0.4 is 5.32 Å². The number of hydrogen-bond donors (Lipinski definition) is 3. The van der Waals surface area contributed by atoms with Crippen LogP contribution in [0.2, 0.25) is 0 Å². The molecule has 134 valence electrons. The van der Waals surface area contributed by atoms with Gasteiger partial charge in [0.05, 0.1) is 6.10 Å². The van der Waals surface area contributed by atoms with Crippen LogP contribution in [-0.4, -0.2) is 28.8 Å². The van der Waals surface area contributed by atoms with Crippen LogP contribution in [0.3, 0.4) is 0 Å². The SMILES string of the molecule is C/C(=C\C(=O)O)c1ccc(CCC(C)NC[C@H](O)c2ccccc2)s1. The maximum absolute atomic E-state index is 10.7. The normalized spacial score (nSPS) is 14.3. The highest BCUT2D eigenvalue weighted by Gasteiger charge is 2.10. The van der Waals surface area contributed by atoms with Gasteiger partial charge in [0.15, 0.2) is 0 Å². The number of carboxylic acid groups (broad SMARTS) is 1. The van der Waals surface area contributed by atoms with Gasteiger partial charge in [0.25, 0.3) is 0 Å². The molecule has 5 heteroatoms. The molecule has 0 aliphatic heterocycles. The molecule has 3 N–H and O–H groups in total. The molecule has 2 atom stereocenters. The van der Waals surface area contributed by atoms with Gasteiger partial charge in [-0.2, -0.15) is 0 Å². The van der Waals surface area contributed by atoms with Crippen molar-refractivity contribution in [2.45, 2.75) is 38.8 Å². The van der Waals surface area contributed by atoms with Crippen molar-refractivity contribution < 1.29 is 15.0 Å². The Morgan fingerprint density at radius 3 is 2.64 bits per heavy atom. The minimum Gasteiger partial charge on any atom is -0.478 e. The quantitative estimate of drug-likeness (QED) is 0.594. The van der Waals surface area contributed by atoms with E-state index in [4.69, 9.17) is 5.11 Å². The summed E-state index contributed by atoms with van der Waals surface area (Å²) in [5.74, 6) is -0.915. The van der Waals surface area contributed by atoms with Gasteiger partial charge in [0.2, 0.25) is 0 Å². The average Bonchev–Trinajstić information content (AvgIpc) is 3.07. The largest absolute Gasteiger partial charge is 0.478 e. The summed E-state index contributed by atoms with van der Waals surface area (Å²) in [5, 5.41) is 22.4. The standard InChI is InChI=1S/C20H25NO3S/c1-14(12-20(23)24)19-11-10-17(25-19)9-8-15(2)21-13-18(22)16-6-4-3-5-7-16/h3-7,10-12,15,18,21-22H,8-9,13H2,1-2H3,(H,23,24)/b14-12+/t15?,18-/m0/s1. The van der Waals surface area contributed by atoms with Gasteiger partial charge >= 0.3 is 5.97 Å². The van der Waals surface area contributed by atoms with Gasteiger partial charge in [-0.05, 0) is 50.0 Å². The van der Waals surface area contributed by atoms with Gasteiger partial charge in [-0.3, -0.25) is 0 Å². The molecule has 0 saturated carbocycles. The van der Waals surface area contributed by atoms with Crippen molar-refractivity contribution in [3.8, 4) is 0 Å². The van der Waals surface area contributed by atoms with Gasteiger partial charge in [-0.1, -0.05) is 30.3 Å². The number of hydrogen-bond acceptors (Lipinski definition) is 4. The lowest BCUT2D eigenvalue weighted by Crippen LogP contribution is -2.30. The number of thiophene rings is 1. The van der Waals surface area contributed by atoms with Crippen molar-refractivity contribution in [3.05, 3.63) is 63.9 Å². The Kier molecular flexibility index (Phi) is 7.37. The van der Waals surface area contributed by atoms with Crippen molar-refractivity contribution in [1.82, 2.24) is 5.32 Å². The zero-order chi connectivity index (χ0) is 18.2. The molecule has 0 radical (unpaired) electrons. The van der Waals surface area contributed by atoms with Gasteiger partial charge in [0, 0.05) is 28.4 Å². The highest BCUT2D eigenvalue weighted by Crippen LogP contribution is 2.25. The number of aliphatic hydroxyl groups is 1. The third-order valence-electron chi connectivity index (χ3n) is 4.06. The lowest BCUT2D eigenvalue weighted by molar-refractivity contribution is -0.131. The molecule has 0 spiro atoms. The Labute approximate surface area is 152 Å². The van der Waals surface area contributed by atoms with Crippen LogP contribution in [-0.2, 0) is 11.2 Å². The summed E-state index contributed by atoms with van der Waals surface area (Å²) in [4.78, 5) is 13.0. The Bertz CT molecular complexity index is 709. The molecule has 4 nitrogen and oxygen atoms in total. The zero-order valence-electron chi connectivity index (χ0n) is 14.6. The lowest BCUT2D eigenvalue weighted by atomic mass is 10.1. The highest BCUT2D eigenvalue weighted by molar-refractivity contribution is 7.13. The molecule has 1 aromatic heterocycles. The molecule has 1 aromatic carbocycles. The molecular weight excluding hydrogens is 334 g/mol. The third kappa shape index (κ3) is 6.46. The average molecular weight is 359 g/mol. The molecule has 0 aliphatic rings. The van der Waals surface area contributed by atoms with E-state index in [0.717, 1.165) is 28.9 Å². The van der Waals surface area contributed by atoms with Crippen LogP contribution in [0.25, 0.3) is 5.57 Å². The van der Waals surface area contributed by atoms with E-state index >= 15 is 0 Å². The fourth-order valence-electron chi connectivity index (χ4n) is 2.55. The van der Waals surface area contributed by atoms with Gasteiger partial charge in [0.1, 0.15) is 0 Å². The molecule has 2 aromatic rings. The predicted octanol–water partition coefficient (Wildman–Crippen LogP) is 3.88. The second-order valence-corrected chi connectivity index (χ2v) is 7.37. The van der Waals surface area contributed by atoms with Crippen molar-refractivity contribution in [2.24, 2.45) is 0 Å². The number of aliphatic hydroxyl groups excluding tert-OH is 1. The Hall–Kier alpha value is -1.95. The van der Waals surface area contributed by atoms with E-state index in [1.165, 1.54) is 11.0 Å². The first-order valence-corrected chi connectivity index (χ1v) is 9.24. The first-order chi connectivity index (χ1) is 12.0. The van der Waals surface area contributed by atoms with Crippen LogP contribution in [0.5, 0.6) is 0 Å². The van der Waals surface area contributed by atoms with E-state index in [0.29, 0.717) is 12.6 Å². The number of nitrogens with one attached hydrogen (secondary N) is 1. The van der Waals surface area contributed by atoms with Crippen LogP contribution in [0.1, 0.15) is 41.7 Å². The molecule has 0 fully saturated rings. The second-order valence-electron chi connectivity index (χ2n) is 6.21. The minimum absolute atomic E-state index is 0.291. The Morgan fingerprint density at radius 1 is 1.24 bits per heavy atom. The van der Waals surface area contributed by atoms with Gasteiger partial charge in [-0.15, -0.1) is 11.3 Å². The summed E-state index contributed by atoms with van der Waals surface area (Å²) in [6.45, 7) is 4.46. The highest BCUT2D eigenvalue weighted by atomic mass is 32.1. The van der Waals surface area contributed by atoms with E-state index < -0.39 is 12.1 Å². The second kappa shape index (κ2) is 9.51. The number of rotatable bonds is 9. The number of carbonyl (C=O) groups is 1. The minimum atomic E-state index is -0.915. The van der Waals surface area contributed by atoms with Crippen LogP contribution in [0, 0.1) is 0 Å². The maximum atomic E-state index is 10.7. The first-order valence-electron chi connectivity index (χ1n) is 8.42. The van der Waals surface area contributed by atoms with Crippen LogP contribution in [0.15, 0.2) is 48.5 Å². The summed E-state index contributed by atoms with van der Waals surface area (Å²) in [6.07, 6.45) is 2.63. The summed E-state index contributed by atoms with van der Waals surface area (Å²) in [5.41, 5.74) is 1.70. The van der Waals surface area contributed by atoms with Gasteiger partial charge in [-0.25, -0.2) is 4.79 Å². The van der Waals surface area contributed by atoms with Crippen molar-refractivity contribution in [3.63, 3.8) is 0 Å². The third-order valence-corrected chi connectivity index (χ3v) is 5.34. The Balaban J connectivity index is 1.77. The number of allylic oxidation sites excluding steroid dienone is 1. The summed E-state index contributed by atoms with van der Waals surface area (Å²) >= 11 is 1.64.